The van der Waals surface area contributed by atoms with Crippen LogP contribution in [0.4, 0.5) is 5.69 Å². The largest absolute Gasteiger partial charge is 0.286 e. The van der Waals surface area contributed by atoms with Gasteiger partial charge in [-0.05, 0) is 66.8 Å². The second-order valence-corrected chi connectivity index (χ2v) is 10.5. The molecule has 3 rings (SSSR count). The zero-order valence-electron chi connectivity index (χ0n) is 18.5. The van der Waals surface area contributed by atoms with Crippen molar-refractivity contribution < 1.29 is 9.59 Å². The maximum absolute atomic E-state index is 13.1. The Bertz CT molecular complexity index is 997. The molecular formula is C24H27BrClN3O2S. The van der Waals surface area contributed by atoms with Gasteiger partial charge in [0.25, 0.3) is 5.91 Å². The summed E-state index contributed by atoms with van der Waals surface area (Å²) < 4.78 is 0.884. The lowest BCUT2D eigenvalue weighted by molar-refractivity contribution is -0.126. The smallest absolute Gasteiger partial charge is 0.255 e. The maximum Gasteiger partial charge on any atom is 0.255 e. The Morgan fingerprint density at radius 2 is 1.84 bits per heavy atom. The molecule has 170 valence electrons. The van der Waals surface area contributed by atoms with Gasteiger partial charge in [0.2, 0.25) is 5.91 Å². The highest BCUT2D eigenvalue weighted by Crippen LogP contribution is 2.36. The molecule has 2 aromatic rings. The number of hydrogen-bond donors (Lipinski definition) is 0. The van der Waals surface area contributed by atoms with Crippen molar-refractivity contribution >= 4 is 62.5 Å². The van der Waals surface area contributed by atoms with Gasteiger partial charge < -0.3 is 0 Å². The number of nitrogens with zero attached hydrogens (tertiary/aromatic N) is 3. The fourth-order valence-electron chi connectivity index (χ4n) is 4.00. The number of hydrogen-bond acceptors (Lipinski definition) is 5. The Balaban J connectivity index is 1.84. The number of imide groups is 1. The summed E-state index contributed by atoms with van der Waals surface area (Å²) in [7, 11) is 0. The Labute approximate surface area is 207 Å². The highest BCUT2D eigenvalue weighted by Gasteiger charge is 2.39. The van der Waals surface area contributed by atoms with Crippen molar-refractivity contribution in [3.63, 3.8) is 0 Å². The molecule has 1 heterocycles. The van der Waals surface area contributed by atoms with E-state index in [-0.39, 0.29) is 23.8 Å². The van der Waals surface area contributed by atoms with Crippen molar-refractivity contribution in [1.29, 1.82) is 0 Å². The van der Waals surface area contributed by atoms with Gasteiger partial charge in [0.1, 0.15) is 6.54 Å². The van der Waals surface area contributed by atoms with E-state index in [1.165, 1.54) is 11.8 Å². The Hall–Kier alpha value is -1.83. The van der Waals surface area contributed by atoms with Gasteiger partial charge in [0.15, 0.2) is 0 Å². The normalized spacial score (nSPS) is 17.9. The Morgan fingerprint density at radius 3 is 2.44 bits per heavy atom. The van der Waals surface area contributed by atoms with Crippen LogP contribution in [0.1, 0.15) is 32.3 Å². The summed E-state index contributed by atoms with van der Waals surface area (Å²) in [4.78, 5) is 26.7. The molecule has 0 aliphatic carbocycles. The lowest BCUT2D eigenvalue weighted by Crippen LogP contribution is -2.42. The van der Waals surface area contributed by atoms with Crippen molar-refractivity contribution in [2.75, 3.05) is 30.0 Å². The molecule has 1 atom stereocenters. The van der Waals surface area contributed by atoms with Crippen LogP contribution in [0.25, 0.3) is 0 Å². The van der Waals surface area contributed by atoms with E-state index in [1.54, 1.807) is 17.1 Å². The number of hydrazone groups is 1. The van der Waals surface area contributed by atoms with E-state index in [4.69, 9.17) is 16.7 Å². The third kappa shape index (κ3) is 5.94. The molecule has 0 fully saturated rings. The number of carbonyl (C=O) groups is 2. The highest BCUT2D eigenvalue weighted by atomic mass is 79.9. The predicted octanol–water partition coefficient (Wildman–Crippen LogP) is 5.85. The Kier molecular flexibility index (Phi) is 8.42. The highest BCUT2D eigenvalue weighted by molar-refractivity contribution is 9.10. The number of thioether (sulfide) groups is 1. The number of rotatable bonds is 8. The summed E-state index contributed by atoms with van der Waals surface area (Å²) in [6.07, 6.45) is 4.13. The fourth-order valence-corrected chi connectivity index (χ4v) is 4.83. The minimum atomic E-state index is -0.318. The number of halogens is 2. The summed E-state index contributed by atoms with van der Waals surface area (Å²) in [6, 6.07) is 14.8. The SMILES string of the molecule is CSCCCC1(C)CN(CC(=O)N(C(C)=O)c2ccc(Br)cc2)N=C1c1ccc(Cl)cc1. The number of anilines is 1. The minimum Gasteiger partial charge on any atom is -0.286 e. The first-order valence-corrected chi connectivity index (χ1v) is 13.0. The first kappa shape index (κ1) is 24.8. The van der Waals surface area contributed by atoms with Crippen LogP contribution in [0.15, 0.2) is 58.1 Å². The molecule has 0 aromatic heterocycles. The minimum absolute atomic E-state index is 0.0326. The van der Waals surface area contributed by atoms with Crippen LogP contribution in [0, 0.1) is 5.41 Å². The molecule has 0 bridgehead atoms. The van der Waals surface area contributed by atoms with Crippen molar-refractivity contribution in [3.05, 3.63) is 63.6 Å². The van der Waals surface area contributed by atoms with Crippen molar-refractivity contribution in [3.8, 4) is 0 Å². The predicted molar refractivity (Wildman–Crippen MR) is 138 cm³/mol. The molecule has 0 saturated heterocycles. The van der Waals surface area contributed by atoms with Crippen molar-refractivity contribution in [2.45, 2.75) is 26.7 Å². The molecule has 2 aromatic carbocycles. The molecule has 5 nitrogen and oxygen atoms in total. The summed E-state index contributed by atoms with van der Waals surface area (Å²) in [5, 5.41) is 7.31. The third-order valence-corrected chi connectivity index (χ3v) is 6.98. The third-order valence-electron chi connectivity index (χ3n) is 5.51. The van der Waals surface area contributed by atoms with Crippen LogP contribution in [0.2, 0.25) is 5.02 Å². The van der Waals surface area contributed by atoms with Gasteiger partial charge in [-0.25, -0.2) is 4.90 Å². The maximum atomic E-state index is 13.1. The Morgan fingerprint density at radius 1 is 1.19 bits per heavy atom. The zero-order chi connectivity index (χ0) is 23.3. The van der Waals surface area contributed by atoms with Gasteiger partial charge in [-0.2, -0.15) is 16.9 Å². The lowest BCUT2D eigenvalue weighted by Gasteiger charge is -2.27. The second kappa shape index (κ2) is 10.9. The summed E-state index contributed by atoms with van der Waals surface area (Å²) in [6.45, 7) is 4.25. The van der Waals surface area contributed by atoms with Gasteiger partial charge in [-0.1, -0.05) is 46.6 Å². The first-order valence-electron chi connectivity index (χ1n) is 10.4. The topological polar surface area (TPSA) is 53.0 Å². The fraction of sp³-hybridized carbons (Fsp3) is 0.375. The van der Waals surface area contributed by atoms with Gasteiger partial charge >= 0.3 is 0 Å². The zero-order valence-corrected chi connectivity index (χ0v) is 21.6. The van der Waals surface area contributed by atoms with Gasteiger partial charge in [-0.15, -0.1) is 0 Å². The van der Waals surface area contributed by atoms with E-state index in [0.717, 1.165) is 34.3 Å². The van der Waals surface area contributed by atoms with E-state index < -0.39 is 0 Å². The number of amides is 2. The summed E-state index contributed by atoms with van der Waals surface area (Å²) in [5.41, 5.74) is 2.32. The molecule has 1 unspecified atom stereocenters. The standard InChI is InChI=1S/C24H27BrClN3O2S/c1-17(30)29(21-11-7-19(25)8-12-21)22(31)15-28-16-24(2,13-4-14-32-3)23(27-28)18-5-9-20(26)10-6-18/h5-12H,4,13-16H2,1-3H3. The molecule has 8 heteroatoms. The molecule has 2 amide bonds. The van der Waals surface area contributed by atoms with Crippen LogP contribution in [-0.2, 0) is 9.59 Å². The van der Waals surface area contributed by atoms with Gasteiger partial charge in [0, 0.05) is 28.4 Å². The lowest BCUT2D eigenvalue weighted by atomic mass is 9.78. The average Bonchev–Trinajstić information content (AvgIpc) is 3.06. The molecular weight excluding hydrogens is 510 g/mol. The monoisotopic (exact) mass is 535 g/mol. The molecule has 0 radical (unpaired) electrons. The summed E-state index contributed by atoms with van der Waals surface area (Å²) >= 11 is 11.3. The molecule has 1 aliphatic rings. The number of carbonyl (C=O) groups excluding carboxylic acids is 2. The first-order chi connectivity index (χ1) is 15.2. The van der Waals surface area contributed by atoms with Crippen molar-refractivity contribution in [2.24, 2.45) is 10.5 Å². The quantitative estimate of drug-likeness (QED) is 0.397. The molecule has 32 heavy (non-hydrogen) atoms. The molecule has 0 spiro atoms. The van der Waals surface area contributed by atoms with Gasteiger partial charge in [-0.3, -0.25) is 14.6 Å². The summed E-state index contributed by atoms with van der Waals surface area (Å²) in [5.74, 6) is 0.456. The molecule has 1 aliphatic heterocycles. The van der Waals surface area contributed by atoms with Gasteiger partial charge in [0.05, 0.1) is 11.4 Å². The van der Waals surface area contributed by atoms with E-state index in [9.17, 15) is 9.59 Å². The molecule has 0 saturated carbocycles. The van der Waals surface area contributed by atoms with E-state index >= 15 is 0 Å². The van der Waals surface area contributed by atoms with E-state index in [1.807, 2.05) is 48.2 Å². The van der Waals surface area contributed by atoms with Crippen LogP contribution in [0.3, 0.4) is 0 Å². The van der Waals surface area contributed by atoms with E-state index in [0.29, 0.717) is 17.3 Å². The van der Waals surface area contributed by atoms with Crippen molar-refractivity contribution in [1.82, 2.24) is 5.01 Å². The second-order valence-electron chi connectivity index (χ2n) is 8.16. The molecule has 0 N–H and O–H groups in total. The average molecular weight is 537 g/mol. The van der Waals surface area contributed by atoms with E-state index in [2.05, 4.69) is 29.1 Å². The van der Waals surface area contributed by atoms with Crippen LogP contribution < -0.4 is 4.90 Å². The van der Waals surface area contributed by atoms with Crippen LogP contribution >= 0.6 is 39.3 Å². The van der Waals surface area contributed by atoms with Crippen LogP contribution in [0.5, 0.6) is 0 Å². The number of benzene rings is 2. The van der Waals surface area contributed by atoms with Crippen LogP contribution in [-0.4, -0.2) is 47.6 Å².